The van der Waals surface area contributed by atoms with Crippen molar-refractivity contribution >= 4 is 11.8 Å². The third-order valence-electron chi connectivity index (χ3n) is 5.13. The Morgan fingerprint density at radius 2 is 1.71 bits per heavy atom. The molecular formula is C17H22N2O2. The molecule has 0 unspecified atom stereocenters. The maximum Gasteiger partial charge on any atom is 0.233 e. The van der Waals surface area contributed by atoms with E-state index in [2.05, 4.69) is 12.1 Å². The lowest BCUT2D eigenvalue weighted by molar-refractivity contribution is -0.143. The van der Waals surface area contributed by atoms with E-state index in [-0.39, 0.29) is 23.1 Å². The molecule has 4 nitrogen and oxygen atoms in total. The van der Waals surface area contributed by atoms with Crippen LogP contribution in [-0.2, 0) is 15.0 Å². The van der Waals surface area contributed by atoms with Crippen LogP contribution in [0.4, 0.5) is 0 Å². The van der Waals surface area contributed by atoms with Crippen LogP contribution in [0.3, 0.4) is 0 Å². The highest BCUT2D eigenvalue weighted by Crippen LogP contribution is 2.45. The van der Waals surface area contributed by atoms with Crippen LogP contribution in [0.1, 0.15) is 37.7 Å². The van der Waals surface area contributed by atoms with Crippen molar-refractivity contribution in [2.45, 2.75) is 37.5 Å². The molecule has 0 radical (unpaired) electrons. The van der Waals surface area contributed by atoms with Crippen LogP contribution in [0, 0.1) is 5.92 Å². The molecule has 2 aliphatic rings. The number of carbonyl (C=O) groups excluding carboxylic acids is 2. The van der Waals surface area contributed by atoms with Gasteiger partial charge in [0, 0.05) is 19.0 Å². The van der Waals surface area contributed by atoms with Crippen LogP contribution >= 0.6 is 0 Å². The third kappa shape index (κ3) is 2.43. The van der Waals surface area contributed by atoms with Crippen molar-refractivity contribution < 1.29 is 9.59 Å². The topological polar surface area (TPSA) is 63.4 Å². The van der Waals surface area contributed by atoms with Gasteiger partial charge >= 0.3 is 0 Å². The molecule has 0 aromatic heterocycles. The van der Waals surface area contributed by atoms with Gasteiger partial charge in [0.2, 0.25) is 11.8 Å². The summed E-state index contributed by atoms with van der Waals surface area (Å²) in [6, 6.07) is 10.1. The van der Waals surface area contributed by atoms with E-state index in [4.69, 9.17) is 5.73 Å². The number of rotatable bonds is 3. The lowest BCUT2D eigenvalue weighted by atomic mass is 9.63. The fraction of sp³-hybridized carbons (Fsp3) is 0.529. The van der Waals surface area contributed by atoms with E-state index in [1.165, 1.54) is 0 Å². The van der Waals surface area contributed by atoms with E-state index in [1.807, 2.05) is 23.1 Å². The highest BCUT2D eigenvalue weighted by Gasteiger charge is 2.48. The molecule has 0 bridgehead atoms. The minimum atomic E-state index is -0.319. The van der Waals surface area contributed by atoms with Gasteiger partial charge in [-0.3, -0.25) is 9.59 Å². The Kier molecular flexibility index (Phi) is 3.70. The summed E-state index contributed by atoms with van der Waals surface area (Å²) in [6.07, 6.45) is 4.38. The standard InChI is InChI=1S/C17H22N2O2/c18-15(20)13-7-11-19(12-8-13)16(21)17(9-4-10-17)14-5-2-1-3-6-14/h1-3,5-6,13H,4,7-12H2,(H2,18,20). The SMILES string of the molecule is NC(=O)C1CCN(C(=O)C2(c3ccccc3)CCC2)CC1. The molecule has 1 saturated heterocycles. The van der Waals surface area contributed by atoms with Crippen molar-refractivity contribution in [3.05, 3.63) is 35.9 Å². The van der Waals surface area contributed by atoms with Gasteiger partial charge in [0.25, 0.3) is 0 Å². The highest BCUT2D eigenvalue weighted by atomic mass is 16.2. The average molecular weight is 286 g/mol. The molecule has 0 spiro atoms. The summed E-state index contributed by atoms with van der Waals surface area (Å²) in [6.45, 7) is 1.31. The van der Waals surface area contributed by atoms with Crippen LogP contribution in [0.5, 0.6) is 0 Å². The minimum absolute atomic E-state index is 0.0666. The van der Waals surface area contributed by atoms with Crippen molar-refractivity contribution in [1.82, 2.24) is 4.90 Å². The van der Waals surface area contributed by atoms with Gasteiger partial charge in [-0.05, 0) is 31.2 Å². The summed E-state index contributed by atoms with van der Waals surface area (Å²) in [5.74, 6) is -0.0606. The Bertz CT molecular complexity index is 529. The summed E-state index contributed by atoms with van der Waals surface area (Å²) in [5.41, 5.74) is 6.18. The Labute approximate surface area is 125 Å². The number of hydrogen-bond donors (Lipinski definition) is 1. The van der Waals surface area contributed by atoms with Gasteiger partial charge in [-0.1, -0.05) is 36.8 Å². The van der Waals surface area contributed by atoms with Gasteiger partial charge in [0.05, 0.1) is 5.41 Å². The Balaban J connectivity index is 1.74. The number of carbonyl (C=O) groups is 2. The lowest BCUT2D eigenvalue weighted by Crippen LogP contribution is -2.53. The van der Waals surface area contributed by atoms with Gasteiger partial charge in [-0.25, -0.2) is 0 Å². The van der Waals surface area contributed by atoms with Crippen molar-refractivity contribution in [2.75, 3.05) is 13.1 Å². The van der Waals surface area contributed by atoms with Crippen LogP contribution in [0.25, 0.3) is 0 Å². The summed E-state index contributed by atoms with van der Waals surface area (Å²) >= 11 is 0. The second-order valence-corrected chi connectivity index (χ2v) is 6.27. The second kappa shape index (κ2) is 5.51. The first-order valence-corrected chi connectivity index (χ1v) is 7.78. The van der Waals surface area contributed by atoms with Gasteiger partial charge < -0.3 is 10.6 Å². The largest absolute Gasteiger partial charge is 0.369 e. The maximum absolute atomic E-state index is 13.0. The summed E-state index contributed by atoms with van der Waals surface area (Å²) in [4.78, 5) is 26.2. The quantitative estimate of drug-likeness (QED) is 0.921. The van der Waals surface area contributed by atoms with Crippen LogP contribution in [-0.4, -0.2) is 29.8 Å². The van der Waals surface area contributed by atoms with Crippen molar-refractivity contribution in [3.63, 3.8) is 0 Å². The van der Waals surface area contributed by atoms with E-state index < -0.39 is 0 Å². The summed E-state index contributed by atoms with van der Waals surface area (Å²) < 4.78 is 0. The zero-order chi connectivity index (χ0) is 14.9. The monoisotopic (exact) mass is 286 g/mol. The molecule has 2 fully saturated rings. The van der Waals surface area contributed by atoms with Gasteiger partial charge in [0.1, 0.15) is 0 Å². The van der Waals surface area contributed by atoms with Crippen molar-refractivity contribution in [1.29, 1.82) is 0 Å². The molecule has 1 heterocycles. The van der Waals surface area contributed by atoms with Crippen LogP contribution in [0.15, 0.2) is 30.3 Å². The van der Waals surface area contributed by atoms with Gasteiger partial charge in [-0.15, -0.1) is 0 Å². The number of nitrogens with zero attached hydrogens (tertiary/aromatic N) is 1. The number of amides is 2. The number of likely N-dealkylation sites (tertiary alicyclic amines) is 1. The molecular weight excluding hydrogens is 264 g/mol. The highest BCUT2D eigenvalue weighted by molar-refractivity contribution is 5.89. The zero-order valence-electron chi connectivity index (χ0n) is 12.3. The van der Waals surface area contributed by atoms with E-state index in [0.29, 0.717) is 25.9 Å². The molecule has 1 aromatic carbocycles. The molecule has 112 valence electrons. The fourth-order valence-corrected chi connectivity index (χ4v) is 3.58. The first kappa shape index (κ1) is 14.1. The van der Waals surface area contributed by atoms with E-state index in [1.54, 1.807) is 0 Å². The predicted molar refractivity (Wildman–Crippen MR) is 80.5 cm³/mol. The Morgan fingerprint density at radius 3 is 2.19 bits per heavy atom. The molecule has 2 N–H and O–H groups in total. The first-order chi connectivity index (χ1) is 10.1. The summed E-state index contributed by atoms with van der Waals surface area (Å²) in [5, 5.41) is 0. The molecule has 1 aliphatic carbocycles. The zero-order valence-corrected chi connectivity index (χ0v) is 12.3. The fourth-order valence-electron chi connectivity index (χ4n) is 3.58. The number of benzene rings is 1. The Hall–Kier alpha value is -1.84. The molecule has 1 aliphatic heterocycles. The van der Waals surface area contributed by atoms with Gasteiger partial charge in [0.15, 0.2) is 0 Å². The molecule has 4 heteroatoms. The van der Waals surface area contributed by atoms with E-state index in [0.717, 1.165) is 24.8 Å². The maximum atomic E-state index is 13.0. The predicted octanol–water partition coefficient (Wildman–Crippen LogP) is 1.83. The summed E-state index contributed by atoms with van der Waals surface area (Å²) in [7, 11) is 0. The lowest BCUT2D eigenvalue weighted by Gasteiger charge is -2.45. The number of piperidine rings is 1. The van der Waals surface area contributed by atoms with E-state index >= 15 is 0 Å². The average Bonchev–Trinajstić information content (AvgIpc) is 2.47. The number of hydrogen-bond acceptors (Lipinski definition) is 2. The minimum Gasteiger partial charge on any atom is -0.369 e. The first-order valence-electron chi connectivity index (χ1n) is 7.78. The third-order valence-corrected chi connectivity index (χ3v) is 5.13. The molecule has 2 amide bonds. The van der Waals surface area contributed by atoms with Crippen LogP contribution in [0.2, 0.25) is 0 Å². The number of nitrogens with two attached hydrogens (primary N) is 1. The normalized spacial score (nSPS) is 21.6. The Morgan fingerprint density at radius 1 is 1.10 bits per heavy atom. The molecule has 1 saturated carbocycles. The molecule has 0 atom stereocenters. The second-order valence-electron chi connectivity index (χ2n) is 6.27. The molecule has 1 aromatic rings. The van der Waals surface area contributed by atoms with Crippen LogP contribution < -0.4 is 5.73 Å². The van der Waals surface area contributed by atoms with Gasteiger partial charge in [-0.2, -0.15) is 0 Å². The van der Waals surface area contributed by atoms with E-state index in [9.17, 15) is 9.59 Å². The molecule has 21 heavy (non-hydrogen) atoms. The molecule has 3 rings (SSSR count). The van der Waals surface area contributed by atoms with Crippen molar-refractivity contribution in [2.24, 2.45) is 11.7 Å². The number of primary amides is 1. The smallest absolute Gasteiger partial charge is 0.233 e. The van der Waals surface area contributed by atoms with Crippen molar-refractivity contribution in [3.8, 4) is 0 Å².